The van der Waals surface area contributed by atoms with Gasteiger partial charge in [0.2, 0.25) is 11.8 Å². The Bertz CT molecular complexity index is 1700. The summed E-state index contributed by atoms with van der Waals surface area (Å²) in [6.45, 7) is 5.32. The van der Waals surface area contributed by atoms with Gasteiger partial charge in [0.15, 0.2) is 4.67 Å². The number of carbonyl (C=O) groups excluding carboxylic acids is 2. The molecular weight excluding hydrogens is 707 g/mol. The van der Waals surface area contributed by atoms with Gasteiger partial charge in [0.25, 0.3) is 0 Å². The third-order valence-corrected chi connectivity index (χ3v) is 9.44. The molecule has 0 unspecified atom stereocenters. The molecule has 4 aromatic rings. The molecule has 1 aromatic heterocycles. The van der Waals surface area contributed by atoms with Gasteiger partial charge in [-0.25, -0.2) is 0 Å². The van der Waals surface area contributed by atoms with Crippen LogP contribution in [0.2, 0.25) is 0 Å². The maximum atomic E-state index is 14.5. The lowest BCUT2D eigenvalue weighted by Crippen LogP contribution is -2.56. The molecule has 0 N–H and O–H groups in total. The van der Waals surface area contributed by atoms with E-state index in [4.69, 9.17) is 4.42 Å². The molecule has 0 spiro atoms. The van der Waals surface area contributed by atoms with Gasteiger partial charge in [0.05, 0.1) is 12.1 Å². The van der Waals surface area contributed by atoms with E-state index in [-0.39, 0.29) is 12.5 Å². The lowest BCUT2D eigenvalue weighted by Gasteiger charge is -2.39. The van der Waals surface area contributed by atoms with Gasteiger partial charge in [0.1, 0.15) is 11.8 Å². The minimum Gasteiger partial charge on any atom is -0.453 e. The highest BCUT2D eigenvalue weighted by Crippen LogP contribution is 2.29. The Labute approximate surface area is 300 Å². The Morgan fingerprint density at radius 2 is 1.54 bits per heavy atom. The Hall–Kier alpha value is -4.15. The second-order valence-corrected chi connectivity index (χ2v) is 13.5. The van der Waals surface area contributed by atoms with Crippen molar-refractivity contribution < 1.29 is 27.2 Å². The number of piperazine rings is 1. The van der Waals surface area contributed by atoms with Crippen LogP contribution in [0.15, 0.2) is 106 Å². The first-order valence-corrected chi connectivity index (χ1v) is 17.9. The summed E-state index contributed by atoms with van der Waals surface area (Å²) in [7, 11) is 0. The van der Waals surface area contributed by atoms with Crippen LogP contribution in [0.4, 0.5) is 13.2 Å². The van der Waals surface area contributed by atoms with Gasteiger partial charge >= 0.3 is 6.18 Å². The number of furan rings is 1. The van der Waals surface area contributed by atoms with E-state index in [2.05, 4.69) is 39.9 Å². The number of unbranched alkanes of at least 4 members (excludes halogenated alkanes) is 2. The minimum absolute atomic E-state index is 0.137. The van der Waals surface area contributed by atoms with Crippen LogP contribution in [-0.4, -0.2) is 58.7 Å². The molecule has 10 heteroatoms. The largest absolute Gasteiger partial charge is 0.453 e. The summed E-state index contributed by atoms with van der Waals surface area (Å²) in [5.41, 5.74) is 2.73. The Morgan fingerprint density at radius 1 is 0.860 bits per heavy atom. The molecule has 1 aliphatic heterocycles. The zero-order valence-corrected chi connectivity index (χ0v) is 29.8. The maximum absolute atomic E-state index is 14.5. The molecule has 1 atom stereocenters. The van der Waals surface area contributed by atoms with Crippen molar-refractivity contribution in [1.82, 2.24) is 14.7 Å². The molecule has 3 aromatic carbocycles. The van der Waals surface area contributed by atoms with Crippen LogP contribution in [0.5, 0.6) is 0 Å². The number of hydrogen-bond acceptors (Lipinski definition) is 4. The number of carbonyl (C=O) groups is 2. The highest BCUT2D eigenvalue weighted by atomic mass is 79.9. The van der Waals surface area contributed by atoms with Gasteiger partial charge in [-0.2, -0.15) is 13.2 Å². The lowest BCUT2D eigenvalue weighted by atomic mass is 10.0. The number of alkyl halides is 3. The molecule has 2 amide bonds. The normalized spacial score (nSPS) is 14.6. The molecule has 1 fully saturated rings. The molecular formula is C40H43BrF3N3O3. The Morgan fingerprint density at radius 3 is 2.16 bits per heavy atom. The van der Waals surface area contributed by atoms with Gasteiger partial charge in [-0.15, -0.1) is 0 Å². The molecule has 50 heavy (non-hydrogen) atoms. The van der Waals surface area contributed by atoms with Crippen LogP contribution >= 0.6 is 15.9 Å². The van der Waals surface area contributed by atoms with E-state index in [1.54, 1.807) is 4.90 Å². The van der Waals surface area contributed by atoms with Gasteiger partial charge in [-0.05, 0) is 81.4 Å². The first-order chi connectivity index (χ1) is 24.1. The zero-order valence-electron chi connectivity index (χ0n) is 28.2. The van der Waals surface area contributed by atoms with Crippen molar-refractivity contribution in [3.05, 3.63) is 135 Å². The molecule has 1 saturated heterocycles. The van der Waals surface area contributed by atoms with Crippen molar-refractivity contribution in [1.29, 1.82) is 0 Å². The minimum atomic E-state index is -4.45. The van der Waals surface area contributed by atoms with Crippen molar-refractivity contribution in [2.75, 3.05) is 26.2 Å². The number of hydrogen-bond donors (Lipinski definition) is 0. The van der Waals surface area contributed by atoms with E-state index in [1.165, 1.54) is 29.8 Å². The van der Waals surface area contributed by atoms with Crippen molar-refractivity contribution >= 4 is 33.8 Å². The summed E-state index contributed by atoms with van der Waals surface area (Å²) in [6, 6.07) is 25.5. The fraction of sp³-hybridized carbons (Fsp3) is 0.350. The third kappa shape index (κ3) is 10.7. The van der Waals surface area contributed by atoms with Crippen molar-refractivity contribution in [2.45, 2.75) is 64.3 Å². The number of aryl methyl sites for hydroxylation is 1. The van der Waals surface area contributed by atoms with E-state index < -0.39 is 23.7 Å². The summed E-state index contributed by atoms with van der Waals surface area (Å²) in [5, 5.41) is 0. The predicted molar refractivity (Wildman–Crippen MR) is 193 cm³/mol. The van der Waals surface area contributed by atoms with E-state index in [0.29, 0.717) is 49.4 Å². The highest BCUT2D eigenvalue weighted by molar-refractivity contribution is 9.10. The van der Waals surface area contributed by atoms with Crippen LogP contribution in [0, 0.1) is 0 Å². The second-order valence-electron chi connectivity index (χ2n) is 12.7. The van der Waals surface area contributed by atoms with Crippen molar-refractivity contribution in [3.63, 3.8) is 0 Å². The van der Waals surface area contributed by atoms with Crippen LogP contribution in [0.3, 0.4) is 0 Å². The van der Waals surface area contributed by atoms with Gasteiger partial charge in [0, 0.05) is 45.2 Å². The zero-order chi connectivity index (χ0) is 35.5. The first kappa shape index (κ1) is 37.1. The van der Waals surface area contributed by atoms with Crippen LogP contribution < -0.4 is 0 Å². The van der Waals surface area contributed by atoms with E-state index in [1.807, 2.05) is 59.5 Å². The summed E-state index contributed by atoms with van der Waals surface area (Å²) in [4.78, 5) is 34.3. The van der Waals surface area contributed by atoms with Gasteiger partial charge in [-0.1, -0.05) is 86.5 Å². The second kappa shape index (κ2) is 17.7. The standard InChI is InChI=1S/C40H43BrF3N3O3/c1-2-3-5-8-30-11-13-33(14-12-30)28-47(38(48)22-17-31-15-18-34(19-16-31)40(42,43)44)36(27-32-9-6-4-7-10-32)39(49)46-25-23-45(24-26-46)29-35-20-21-37(41)50-35/h4,6-7,9-22,36H,2-3,5,8,23-29H2,1H3/t36-/m0/s1. The summed E-state index contributed by atoms with van der Waals surface area (Å²) in [5.74, 6) is 0.307. The average molecular weight is 751 g/mol. The Balaban J connectivity index is 1.40. The van der Waals surface area contributed by atoms with E-state index >= 15 is 0 Å². The topological polar surface area (TPSA) is 57.0 Å². The smallest absolute Gasteiger partial charge is 0.416 e. The average Bonchev–Trinajstić information content (AvgIpc) is 3.53. The summed E-state index contributed by atoms with van der Waals surface area (Å²) in [6.07, 6.45) is 3.10. The number of nitrogens with zero attached hydrogens (tertiary/aromatic N) is 3. The van der Waals surface area contributed by atoms with Crippen LogP contribution in [-0.2, 0) is 41.7 Å². The molecule has 0 saturated carbocycles. The summed E-state index contributed by atoms with van der Waals surface area (Å²) >= 11 is 3.35. The SMILES string of the molecule is CCCCCc1ccc(CN(C(=O)C=Cc2ccc(C(F)(F)F)cc2)[C@@H](Cc2ccccc2)C(=O)N2CCN(Cc3ccc(Br)o3)CC2)cc1. The fourth-order valence-electron chi connectivity index (χ4n) is 6.14. The molecule has 0 radical (unpaired) electrons. The Kier molecular flexibility index (Phi) is 13.1. The summed E-state index contributed by atoms with van der Waals surface area (Å²) < 4.78 is 45.8. The molecule has 5 rings (SSSR count). The first-order valence-electron chi connectivity index (χ1n) is 17.1. The molecule has 0 aliphatic carbocycles. The van der Waals surface area contributed by atoms with Gasteiger partial charge < -0.3 is 14.2 Å². The maximum Gasteiger partial charge on any atom is 0.416 e. The number of amides is 2. The van der Waals surface area contributed by atoms with Crippen molar-refractivity contribution in [3.8, 4) is 0 Å². The molecule has 6 nitrogen and oxygen atoms in total. The third-order valence-electron chi connectivity index (χ3n) is 9.01. The number of halogens is 4. The van der Waals surface area contributed by atoms with E-state index in [9.17, 15) is 22.8 Å². The van der Waals surface area contributed by atoms with Crippen LogP contribution in [0.1, 0.15) is 59.8 Å². The molecule has 2 heterocycles. The quantitative estimate of drug-likeness (QED) is 0.0956. The number of benzene rings is 3. The van der Waals surface area contributed by atoms with E-state index in [0.717, 1.165) is 54.7 Å². The van der Waals surface area contributed by atoms with Crippen molar-refractivity contribution in [2.24, 2.45) is 0 Å². The lowest BCUT2D eigenvalue weighted by molar-refractivity contribution is -0.145. The monoisotopic (exact) mass is 749 g/mol. The molecule has 264 valence electrons. The van der Waals surface area contributed by atoms with Gasteiger partial charge in [-0.3, -0.25) is 14.5 Å². The highest BCUT2D eigenvalue weighted by Gasteiger charge is 2.34. The number of rotatable bonds is 14. The predicted octanol–water partition coefficient (Wildman–Crippen LogP) is 8.79. The molecule has 1 aliphatic rings. The fourth-order valence-corrected chi connectivity index (χ4v) is 6.48. The molecule has 0 bridgehead atoms. The van der Waals surface area contributed by atoms with Crippen LogP contribution in [0.25, 0.3) is 6.08 Å².